The summed E-state index contributed by atoms with van der Waals surface area (Å²) in [5, 5.41) is 0. The number of aromatic nitrogens is 1. The van der Waals surface area contributed by atoms with Crippen molar-refractivity contribution in [3.05, 3.63) is 72.2 Å². The molecule has 0 atom stereocenters. The lowest BCUT2D eigenvalue weighted by molar-refractivity contribution is 0.627. The van der Waals surface area contributed by atoms with Crippen LogP contribution in [0.2, 0.25) is 0 Å². The van der Waals surface area contributed by atoms with E-state index in [-0.39, 0.29) is 5.82 Å². The third kappa shape index (κ3) is 2.88. The van der Waals surface area contributed by atoms with Crippen LogP contribution in [0.15, 0.2) is 48.8 Å². The predicted octanol–water partition coefficient (Wildman–Crippen LogP) is 3.02. The molecule has 0 bridgehead atoms. The first-order valence-electron chi connectivity index (χ1n) is 4.82. The smallest absolute Gasteiger partial charge is 0.123 e. The molecule has 0 spiro atoms. The highest BCUT2D eigenvalue weighted by molar-refractivity contribution is 5.26. The first-order chi connectivity index (χ1) is 7.34. The number of hydrogen-bond acceptors (Lipinski definition) is 1. The third-order valence-corrected chi connectivity index (χ3v) is 2.19. The molecule has 0 unspecified atom stereocenters. The molecule has 0 fully saturated rings. The highest BCUT2D eigenvalue weighted by Gasteiger charge is 1.96. The summed E-state index contributed by atoms with van der Waals surface area (Å²) in [7, 11) is 0. The molecule has 2 rings (SSSR count). The third-order valence-electron chi connectivity index (χ3n) is 2.19. The van der Waals surface area contributed by atoms with Crippen LogP contribution in [-0.2, 0) is 6.42 Å². The van der Waals surface area contributed by atoms with Gasteiger partial charge in [0, 0.05) is 12.4 Å². The minimum atomic E-state index is -0.198. The van der Waals surface area contributed by atoms with Crippen LogP contribution in [-0.4, -0.2) is 4.98 Å². The molecule has 15 heavy (non-hydrogen) atoms. The van der Waals surface area contributed by atoms with Gasteiger partial charge < -0.3 is 0 Å². The normalized spacial score (nSPS) is 10.2. The lowest BCUT2D eigenvalue weighted by atomic mass is 10.1. The van der Waals surface area contributed by atoms with Crippen LogP contribution < -0.4 is 0 Å². The average molecular weight is 200 g/mol. The number of benzene rings is 1. The van der Waals surface area contributed by atoms with Crippen molar-refractivity contribution < 1.29 is 4.39 Å². The molecule has 0 aliphatic heterocycles. The SMILES string of the molecule is Fc1ccc([CH]Cc2ccncc2)cc1. The van der Waals surface area contributed by atoms with Gasteiger partial charge in [-0.3, -0.25) is 4.98 Å². The number of halogens is 1. The van der Waals surface area contributed by atoms with Crippen molar-refractivity contribution in [2.75, 3.05) is 0 Å². The maximum absolute atomic E-state index is 12.6. The number of rotatable bonds is 3. The predicted molar refractivity (Wildman–Crippen MR) is 57.7 cm³/mol. The Labute approximate surface area is 88.6 Å². The van der Waals surface area contributed by atoms with Crippen molar-refractivity contribution in [3.63, 3.8) is 0 Å². The molecule has 2 heteroatoms. The van der Waals surface area contributed by atoms with Gasteiger partial charge in [-0.25, -0.2) is 4.39 Å². The van der Waals surface area contributed by atoms with Crippen LogP contribution in [0.3, 0.4) is 0 Å². The number of hydrogen-bond donors (Lipinski definition) is 0. The van der Waals surface area contributed by atoms with Gasteiger partial charge in [0.15, 0.2) is 0 Å². The van der Waals surface area contributed by atoms with E-state index in [0.29, 0.717) is 0 Å². The molecule has 0 saturated heterocycles. The number of nitrogens with zero attached hydrogens (tertiary/aromatic N) is 1. The fourth-order valence-corrected chi connectivity index (χ4v) is 1.35. The zero-order valence-corrected chi connectivity index (χ0v) is 8.23. The van der Waals surface area contributed by atoms with Gasteiger partial charge >= 0.3 is 0 Å². The highest BCUT2D eigenvalue weighted by Crippen LogP contribution is 2.09. The maximum atomic E-state index is 12.6. The molecule has 1 radical (unpaired) electrons. The molecule has 0 amide bonds. The zero-order valence-electron chi connectivity index (χ0n) is 8.23. The minimum absolute atomic E-state index is 0.198. The minimum Gasteiger partial charge on any atom is -0.265 e. The van der Waals surface area contributed by atoms with Crippen molar-refractivity contribution in [1.82, 2.24) is 4.98 Å². The Hall–Kier alpha value is -1.70. The lowest BCUT2D eigenvalue weighted by Gasteiger charge is -2.00. The van der Waals surface area contributed by atoms with Gasteiger partial charge in [-0.15, -0.1) is 0 Å². The molecule has 0 aliphatic rings. The second-order valence-corrected chi connectivity index (χ2v) is 3.32. The van der Waals surface area contributed by atoms with E-state index in [1.54, 1.807) is 24.5 Å². The Kier molecular flexibility index (Phi) is 3.08. The van der Waals surface area contributed by atoms with E-state index in [2.05, 4.69) is 11.4 Å². The monoisotopic (exact) mass is 200 g/mol. The van der Waals surface area contributed by atoms with Crippen LogP contribution in [0, 0.1) is 12.2 Å². The molecule has 1 nitrogen and oxygen atoms in total. The summed E-state index contributed by atoms with van der Waals surface area (Å²) in [5.74, 6) is -0.198. The molecule has 0 saturated carbocycles. The second kappa shape index (κ2) is 4.69. The van der Waals surface area contributed by atoms with Gasteiger partial charge in [0.2, 0.25) is 0 Å². The summed E-state index contributed by atoms with van der Waals surface area (Å²) in [4.78, 5) is 3.95. The van der Waals surface area contributed by atoms with Crippen molar-refractivity contribution in [3.8, 4) is 0 Å². The van der Waals surface area contributed by atoms with Gasteiger partial charge in [0.25, 0.3) is 0 Å². The molecule has 75 valence electrons. The van der Waals surface area contributed by atoms with Gasteiger partial charge in [-0.1, -0.05) is 12.1 Å². The van der Waals surface area contributed by atoms with Gasteiger partial charge in [-0.05, 0) is 48.2 Å². The fraction of sp³-hybridized carbons (Fsp3) is 0.0769. The van der Waals surface area contributed by atoms with E-state index < -0.39 is 0 Å². The Bertz CT molecular complexity index is 408. The molecule has 1 aromatic carbocycles. The first kappa shape index (κ1) is 9.84. The van der Waals surface area contributed by atoms with E-state index in [4.69, 9.17) is 0 Å². The Morgan fingerprint density at radius 1 is 1.00 bits per heavy atom. The first-order valence-corrected chi connectivity index (χ1v) is 4.82. The van der Waals surface area contributed by atoms with Crippen molar-refractivity contribution in [2.24, 2.45) is 0 Å². The molecule has 0 N–H and O–H groups in total. The van der Waals surface area contributed by atoms with Gasteiger partial charge in [-0.2, -0.15) is 0 Å². The standard InChI is InChI=1S/C13H11FN/c14-13-5-3-11(4-6-13)1-2-12-7-9-15-10-8-12/h1,3-10H,2H2. The Balaban J connectivity index is 1.96. The molecular weight excluding hydrogens is 189 g/mol. The summed E-state index contributed by atoms with van der Waals surface area (Å²) >= 11 is 0. The number of pyridine rings is 1. The van der Waals surface area contributed by atoms with Crippen LogP contribution >= 0.6 is 0 Å². The summed E-state index contributed by atoms with van der Waals surface area (Å²) in [6.07, 6.45) is 6.45. The molecule has 1 heterocycles. The summed E-state index contributed by atoms with van der Waals surface area (Å²) in [6.45, 7) is 0. The van der Waals surface area contributed by atoms with Crippen LogP contribution in [0.5, 0.6) is 0 Å². The average Bonchev–Trinajstić information content (AvgIpc) is 2.30. The lowest BCUT2D eigenvalue weighted by Crippen LogP contribution is -1.88. The van der Waals surface area contributed by atoms with E-state index in [1.807, 2.05) is 12.1 Å². The summed E-state index contributed by atoms with van der Waals surface area (Å²) in [6, 6.07) is 10.4. The van der Waals surface area contributed by atoms with Crippen molar-refractivity contribution in [1.29, 1.82) is 0 Å². The van der Waals surface area contributed by atoms with Gasteiger partial charge in [0.1, 0.15) is 5.82 Å². The second-order valence-electron chi connectivity index (χ2n) is 3.32. The highest BCUT2D eigenvalue weighted by atomic mass is 19.1. The van der Waals surface area contributed by atoms with E-state index in [9.17, 15) is 4.39 Å². The van der Waals surface area contributed by atoms with E-state index >= 15 is 0 Å². The Morgan fingerprint density at radius 2 is 1.67 bits per heavy atom. The summed E-state index contributed by atoms with van der Waals surface area (Å²) in [5.41, 5.74) is 2.24. The van der Waals surface area contributed by atoms with Crippen LogP contribution in [0.4, 0.5) is 4.39 Å². The quantitative estimate of drug-likeness (QED) is 0.742. The fourth-order valence-electron chi connectivity index (χ4n) is 1.35. The maximum Gasteiger partial charge on any atom is 0.123 e. The van der Waals surface area contributed by atoms with Crippen molar-refractivity contribution in [2.45, 2.75) is 6.42 Å². The topological polar surface area (TPSA) is 12.9 Å². The van der Waals surface area contributed by atoms with Crippen molar-refractivity contribution >= 4 is 0 Å². The molecule has 0 aliphatic carbocycles. The Morgan fingerprint density at radius 3 is 2.33 bits per heavy atom. The van der Waals surface area contributed by atoms with Crippen LogP contribution in [0.25, 0.3) is 0 Å². The zero-order chi connectivity index (χ0) is 10.5. The van der Waals surface area contributed by atoms with Crippen LogP contribution in [0.1, 0.15) is 11.1 Å². The summed E-state index contributed by atoms with van der Waals surface area (Å²) < 4.78 is 12.6. The molecule has 1 aromatic heterocycles. The van der Waals surface area contributed by atoms with E-state index in [0.717, 1.165) is 12.0 Å². The molecule has 2 aromatic rings. The molecular formula is C13H11FN. The van der Waals surface area contributed by atoms with E-state index in [1.165, 1.54) is 17.7 Å². The van der Waals surface area contributed by atoms with Gasteiger partial charge in [0.05, 0.1) is 0 Å². The largest absolute Gasteiger partial charge is 0.265 e.